The maximum atomic E-state index is 15.0. The van der Waals surface area contributed by atoms with Gasteiger partial charge in [-0.15, -0.1) is 0 Å². The molecule has 8 nitrogen and oxygen atoms in total. The van der Waals surface area contributed by atoms with Gasteiger partial charge < -0.3 is 14.5 Å². The number of oxime groups is 1. The van der Waals surface area contributed by atoms with E-state index in [0.717, 1.165) is 37.9 Å². The summed E-state index contributed by atoms with van der Waals surface area (Å²) in [5, 5.41) is 4.51. The molecule has 1 saturated carbocycles. The molecule has 2 bridgehead atoms. The van der Waals surface area contributed by atoms with Crippen molar-refractivity contribution in [1.29, 1.82) is 0 Å². The molecule has 5 heterocycles. The number of rotatable bonds is 5. The van der Waals surface area contributed by atoms with Gasteiger partial charge in [-0.3, -0.25) is 4.90 Å². The van der Waals surface area contributed by atoms with E-state index in [2.05, 4.69) is 24.9 Å². The first kappa shape index (κ1) is 22.2. The van der Waals surface area contributed by atoms with Crippen LogP contribution in [0.5, 0.6) is 6.01 Å². The van der Waals surface area contributed by atoms with Gasteiger partial charge in [0.1, 0.15) is 31.2 Å². The van der Waals surface area contributed by atoms with E-state index in [1.54, 1.807) is 7.11 Å². The fourth-order valence-electron chi connectivity index (χ4n) is 6.39. The Kier molecular flexibility index (Phi) is 5.48. The van der Waals surface area contributed by atoms with Crippen molar-refractivity contribution in [1.82, 2.24) is 19.9 Å². The standard InChI is InChI=1S/C23H27ClF2N6O2/c1-33-30-18-13-3-4-14(18)10-31(9-13)21-16-8-27-20(24)17(26)19(16)28-22(29-21)34-12-23-5-2-6-32(23)11-15(25)7-23/h8,13-15H,2-7,9-12H2,1H3/t13?,14?,15-,23+/m1/s1. The normalized spacial score (nSPS) is 30.8. The Labute approximate surface area is 201 Å². The van der Waals surface area contributed by atoms with E-state index in [1.807, 2.05) is 0 Å². The Bertz CT molecular complexity index is 1140. The van der Waals surface area contributed by atoms with Gasteiger partial charge in [-0.2, -0.15) is 9.97 Å². The molecule has 4 atom stereocenters. The summed E-state index contributed by atoms with van der Waals surface area (Å²) in [7, 11) is 1.57. The van der Waals surface area contributed by atoms with Crippen LogP contribution in [0.2, 0.25) is 5.15 Å². The Hall–Kier alpha value is -2.33. The molecule has 0 aromatic carbocycles. The molecule has 0 amide bonds. The monoisotopic (exact) mass is 492 g/mol. The van der Waals surface area contributed by atoms with Crippen molar-refractivity contribution in [3.05, 3.63) is 17.2 Å². The molecule has 0 spiro atoms. The molecule has 2 unspecified atom stereocenters. The summed E-state index contributed by atoms with van der Waals surface area (Å²) >= 11 is 5.98. The number of pyridine rings is 1. The molecule has 3 aliphatic heterocycles. The predicted molar refractivity (Wildman–Crippen MR) is 124 cm³/mol. The van der Waals surface area contributed by atoms with Gasteiger partial charge in [0.05, 0.1) is 16.6 Å². The molecule has 2 aromatic heterocycles. The Morgan fingerprint density at radius 1 is 1.24 bits per heavy atom. The molecule has 4 fully saturated rings. The second-order valence-electron chi connectivity index (χ2n) is 9.89. The third-order valence-corrected chi connectivity index (χ3v) is 8.17. The zero-order chi connectivity index (χ0) is 23.4. The number of halogens is 3. The zero-order valence-corrected chi connectivity index (χ0v) is 19.8. The maximum absolute atomic E-state index is 15.0. The van der Waals surface area contributed by atoms with Gasteiger partial charge >= 0.3 is 6.01 Å². The first-order valence-corrected chi connectivity index (χ1v) is 12.2. The van der Waals surface area contributed by atoms with E-state index in [1.165, 1.54) is 6.20 Å². The summed E-state index contributed by atoms with van der Waals surface area (Å²) in [4.78, 5) is 22.4. The van der Waals surface area contributed by atoms with E-state index in [9.17, 15) is 4.39 Å². The smallest absolute Gasteiger partial charge is 0.319 e. The number of nitrogens with zero attached hydrogens (tertiary/aromatic N) is 6. The van der Waals surface area contributed by atoms with Crippen molar-refractivity contribution in [3.63, 3.8) is 0 Å². The minimum absolute atomic E-state index is 0.0795. The number of piperidine rings is 1. The Morgan fingerprint density at radius 2 is 2.03 bits per heavy atom. The van der Waals surface area contributed by atoms with Crippen LogP contribution < -0.4 is 9.64 Å². The minimum atomic E-state index is -0.855. The molecule has 0 N–H and O–H groups in total. The molecular formula is C23H27ClF2N6O2. The fraction of sp³-hybridized carbons (Fsp3) is 0.652. The van der Waals surface area contributed by atoms with Crippen LogP contribution in [0.1, 0.15) is 32.1 Å². The molecule has 182 valence electrons. The van der Waals surface area contributed by atoms with Crippen LogP contribution >= 0.6 is 11.6 Å². The molecule has 3 saturated heterocycles. The van der Waals surface area contributed by atoms with Crippen molar-refractivity contribution in [2.45, 2.75) is 43.8 Å². The number of fused-ring (bicyclic) bond motifs is 4. The van der Waals surface area contributed by atoms with Crippen LogP contribution in [-0.4, -0.2) is 77.2 Å². The molecule has 6 rings (SSSR count). The number of hydrogen-bond donors (Lipinski definition) is 0. The van der Waals surface area contributed by atoms with Crippen LogP contribution in [0, 0.1) is 17.7 Å². The van der Waals surface area contributed by atoms with E-state index in [-0.39, 0.29) is 40.7 Å². The number of alkyl halides is 1. The van der Waals surface area contributed by atoms with E-state index in [4.69, 9.17) is 26.2 Å². The van der Waals surface area contributed by atoms with Gasteiger partial charge in [0.25, 0.3) is 0 Å². The topological polar surface area (TPSA) is 76.0 Å². The minimum Gasteiger partial charge on any atom is -0.461 e. The SMILES string of the molecule is CON=C1C2CCC1CN(c1nc(OC[C@@]34CCCN3C[C@H](F)C4)nc3c(F)c(Cl)ncc13)C2. The fourth-order valence-corrected chi connectivity index (χ4v) is 6.53. The highest BCUT2D eigenvalue weighted by Crippen LogP contribution is 2.41. The van der Waals surface area contributed by atoms with Crippen LogP contribution in [0.3, 0.4) is 0 Å². The highest BCUT2D eigenvalue weighted by atomic mass is 35.5. The van der Waals surface area contributed by atoms with Crippen molar-refractivity contribution in [3.8, 4) is 6.01 Å². The lowest BCUT2D eigenvalue weighted by molar-refractivity contribution is 0.107. The first-order valence-electron chi connectivity index (χ1n) is 11.9. The largest absolute Gasteiger partial charge is 0.461 e. The number of hydrogen-bond acceptors (Lipinski definition) is 8. The first-order chi connectivity index (χ1) is 16.5. The molecule has 11 heteroatoms. The van der Waals surface area contributed by atoms with Crippen molar-refractivity contribution in [2.24, 2.45) is 17.0 Å². The van der Waals surface area contributed by atoms with Gasteiger partial charge in [-0.05, 0) is 32.2 Å². The third-order valence-electron chi connectivity index (χ3n) is 7.91. The van der Waals surface area contributed by atoms with Gasteiger partial charge in [0, 0.05) is 44.1 Å². The van der Waals surface area contributed by atoms with Crippen molar-refractivity contribution >= 4 is 34.0 Å². The summed E-state index contributed by atoms with van der Waals surface area (Å²) in [5.41, 5.74) is 0.824. The molecule has 2 aromatic rings. The lowest BCUT2D eigenvalue weighted by Gasteiger charge is -2.34. The van der Waals surface area contributed by atoms with Gasteiger partial charge in [0.2, 0.25) is 0 Å². The average Bonchev–Trinajstić information content (AvgIpc) is 3.41. The summed E-state index contributed by atoms with van der Waals surface area (Å²) in [6.45, 7) is 2.95. The van der Waals surface area contributed by atoms with Crippen molar-refractivity contribution < 1.29 is 18.4 Å². The lowest BCUT2D eigenvalue weighted by Crippen LogP contribution is -2.44. The second kappa shape index (κ2) is 8.41. The summed E-state index contributed by atoms with van der Waals surface area (Å²) in [6.07, 6.45) is 5.03. The van der Waals surface area contributed by atoms with E-state index < -0.39 is 12.0 Å². The van der Waals surface area contributed by atoms with E-state index in [0.29, 0.717) is 37.3 Å². The average molecular weight is 493 g/mol. The van der Waals surface area contributed by atoms with Crippen LogP contribution in [-0.2, 0) is 4.84 Å². The quantitative estimate of drug-likeness (QED) is 0.466. The van der Waals surface area contributed by atoms with E-state index >= 15 is 4.39 Å². The number of anilines is 1. The molecule has 1 aliphatic carbocycles. The maximum Gasteiger partial charge on any atom is 0.319 e. The van der Waals surface area contributed by atoms with Crippen LogP contribution in [0.15, 0.2) is 11.4 Å². The van der Waals surface area contributed by atoms with Crippen molar-refractivity contribution in [2.75, 3.05) is 44.8 Å². The number of ether oxygens (including phenoxy) is 1. The molecule has 34 heavy (non-hydrogen) atoms. The summed E-state index contributed by atoms with van der Waals surface area (Å²) in [5.74, 6) is 0.389. The number of aromatic nitrogens is 3. The lowest BCUT2D eigenvalue weighted by atomic mass is 9.95. The van der Waals surface area contributed by atoms with Gasteiger partial charge in [-0.1, -0.05) is 16.8 Å². The highest BCUT2D eigenvalue weighted by Gasteiger charge is 2.49. The third kappa shape index (κ3) is 3.57. The zero-order valence-electron chi connectivity index (χ0n) is 19.0. The molecular weight excluding hydrogens is 466 g/mol. The highest BCUT2D eigenvalue weighted by molar-refractivity contribution is 6.30. The summed E-state index contributed by atoms with van der Waals surface area (Å²) in [6, 6.07) is 0.0795. The Morgan fingerprint density at radius 3 is 2.79 bits per heavy atom. The molecule has 0 radical (unpaired) electrons. The predicted octanol–water partition coefficient (Wildman–Crippen LogP) is 3.62. The second-order valence-corrected chi connectivity index (χ2v) is 10.3. The van der Waals surface area contributed by atoms with Gasteiger partial charge in [0.15, 0.2) is 11.0 Å². The van der Waals surface area contributed by atoms with Gasteiger partial charge in [-0.25, -0.2) is 13.8 Å². The summed E-state index contributed by atoms with van der Waals surface area (Å²) < 4.78 is 35.3. The van der Waals surface area contributed by atoms with Crippen LogP contribution in [0.4, 0.5) is 14.6 Å². The Balaban J connectivity index is 1.34. The molecule has 4 aliphatic rings. The van der Waals surface area contributed by atoms with Crippen LogP contribution in [0.25, 0.3) is 10.9 Å².